The normalized spacial score (nSPS) is 27.9. The lowest BCUT2D eigenvalue weighted by molar-refractivity contribution is -0.118. The highest BCUT2D eigenvalue weighted by Crippen LogP contribution is 2.18. The second-order valence-electron chi connectivity index (χ2n) is 3.69. The Morgan fingerprint density at radius 2 is 2.00 bits per heavy atom. The molecule has 0 aliphatic heterocycles. The van der Waals surface area contributed by atoms with Gasteiger partial charge < -0.3 is 10.4 Å². The first-order valence-corrected chi connectivity index (χ1v) is 5.32. The Balaban J connectivity index is 2.48. The number of nitrogens with one attached hydrogen (secondary N) is 1. The molecule has 0 aromatic carbocycles. The van der Waals surface area contributed by atoms with E-state index in [-0.39, 0.29) is 17.0 Å². The molecule has 1 fully saturated rings. The predicted octanol–water partition coefficient (Wildman–Crippen LogP) is 1.55. The molecule has 2 N–H and O–H groups in total. The molecule has 2 unspecified atom stereocenters. The minimum absolute atomic E-state index is 0.0264. The molecular formula is C10H16ClNO2. The first kappa shape index (κ1) is 11.5. The Morgan fingerprint density at radius 3 is 2.64 bits per heavy atom. The molecule has 0 bridgehead atoms. The second kappa shape index (κ2) is 5.37. The molecule has 0 saturated heterocycles. The number of carbonyl (C=O) groups excluding carboxylic acids is 1. The number of aliphatic hydroxyl groups is 1. The maximum Gasteiger partial charge on any atom is 0.262 e. The van der Waals surface area contributed by atoms with Crippen LogP contribution in [0, 0.1) is 0 Å². The Morgan fingerprint density at radius 1 is 1.36 bits per heavy atom. The van der Waals surface area contributed by atoms with Crippen molar-refractivity contribution < 1.29 is 9.90 Å². The Bertz CT molecular complexity index is 230. The van der Waals surface area contributed by atoms with Gasteiger partial charge in [0.15, 0.2) is 0 Å². The summed E-state index contributed by atoms with van der Waals surface area (Å²) < 4.78 is 0. The number of carbonyl (C=O) groups is 1. The summed E-state index contributed by atoms with van der Waals surface area (Å²) in [5, 5.41) is 12.4. The fraction of sp³-hybridized carbons (Fsp3) is 0.700. The molecule has 0 radical (unpaired) electrons. The van der Waals surface area contributed by atoms with Crippen molar-refractivity contribution in [2.45, 2.75) is 44.2 Å². The molecular weight excluding hydrogens is 202 g/mol. The quantitative estimate of drug-likeness (QED) is 0.545. The molecule has 1 aliphatic carbocycles. The molecule has 0 heterocycles. The molecule has 14 heavy (non-hydrogen) atoms. The zero-order chi connectivity index (χ0) is 10.6. The van der Waals surface area contributed by atoms with Crippen LogP contribution < -0.4 is 5.32 Å². The van der Waals surface area contributed by atoms with Crippen molar-refractivity contribution in [3.63, 3.8) is 0 Å². The summed E-state index contributed by atoms with van der Waals surface area (Å²) in [4.78, 5) is 11.2. The van der Waals surface area contributed by atoms with Gasteiger partial charge in [-0.05, 0) is 12.8 Å². The molecule has 1 saturated carbocycles. The monoisotopic (exact) mass is 217 g/mol. The van der Waals surface area contributed by atoms with Crippen LogP contribution in [0.4, 0.5) is 0 Å². The third kappa shape index (κ3) is 3.31. The highest BCUT2D eigenvalue weighted by atomic mass is 35.5. The van der Waals surface area contributed by atoms with Gasteiger partial charge >= 0.3 is 0 Å². The molecule has 0 spiro atoms. The molecule has 3 nitrogen and oxygen atoms in total. The molecule has 2 atom stereocenters. The van der Waals surface area contributed by atoms with Gasteiger partial charge in [0.05, 0.1) is 17.2 Å². The van der Waals surface area contributed by atoms with Crippen LogP contribution in [-0.4, -0.2) is 23.2 Å². The van der Waals surface area contributed by atoms with Crippen LogP contribution in [0.1, 0.15) is 32.1 Å². The van der Waals surface area contributed by atoms with Gasteiger partial charge in [-0.15, -0.1) is 0 Å². The summed E-state index contributed by atoms with van der Waals surface area (Å²) >= 11 is 5.45. The highest BCUT2D eigenvalue weighted by molar-refractivity contribution is 6.41. The summed E-state index contributed by atoms with van der Waals surface area (Å²) in [7, 11) is 0. The van der Waals surface area contributed by atoms with E-state index in [0.29, 0.717) is 0 Å². The third-order valence-corrected chi connectivity index (χ3v) is 2.71. The summed E-state index contributed by atoms with van der Waals surface area (Å²) in [6, 6.07) is -0.166. The fourth-order valence-electron chi connectivity index (χ4n) is 1.70. The zero-order valence-corrected chi connectivity index (χ0v) is 8.89. The van der Waals surface area contributed by atoms with E-state index < -0.39 is 6.10 Å². The lowest BCUT2D eigenvalue weighted by Crippen LogP contribution is -2.42. The van der Waals surface area contributed by atoms with Crippen molar-refractivity contribution in [1.82, 2.24) is 5.32 Å². The summed E-state index contributed by atoms with van der Waals surface area (Å²) in [6.07, 6.45) is 4.30. The number of rotatable bonds is 2. The number of hydrogen-bond acceptors (Lipinski definition) is 2. The molecule has 1 aliphatic rings. The summed E-state index contributed by atoms with van der Waals surface area (Å²) in [5.41, 5.74) is 0. The van der Waals surface area contributed by atoms with Crippen LogP contribution in [0.15, 0.2) is 11.6 Å². The van der Waals surface area contributed by atoms with Crippen molar-refractivity contribution >= 4 is 17.5 Å². The van der Waals surface area contributed by atoms with Gasteiger partial charge in [0.25, 0.3) is 5.91 Å². The fourth-order valence-corrected chi connectivity index (χ4v) is 1.76. The molecule has 4 heteroatoms. The first-order chi connectivity index (χ1) is 6.61. The Hall–Kier alpha value is -0.540. The van der Waals surface area contributed by atoms with E-state index in [2.05, 4.69) is 11.9 Å². The van der Waals surface area contributed by atoms with Gasteiger partial charge in [0.2, 0.25) is 0 Å². The Kier molecular flexibility index (Phi) is 4.42. The van der Waals surface area contributed by atoms with E-state index in [0.717, 1.165) is 32.1 Å². The van der Waals surface area contributed by atoms with Crippen molar-refractivity contribution in [2.24, 2.45) is 0 Å². The van der Waals surface area contributed by atoms with Crippen molar-refractivity contribution in [2.75, 3.05) is 0 Å². The van der Waals surface area contributed by atoms with Gasteiger partial charge in [-0.3, -0.25) is 4.79 Å². The lowest BCUT2D eigenvalue weighted by atomic mass is 10.1. The maximum absolute atomic E-state index is 11.2. The number of halogens is 1. The van der Waals surface area contributed by atoms with Crippen LogP contribution in [0.2, 0.25) is 0 Å². The van der Waals surface area contributed by atoms with E-state index in [1.807, 2.05) is 0 Å². The maximum atomic E-state index is 11.2. The minimum Gasteiger partial charge on any atom is -0.391 e. The SMILES string of the molecule is C=C(Cl)C(=O)NC1CCCCCC1O. The average molecular weight is 218 g/mol. The number of hydrogen-bond donors (Lipinski definition) is 2. The van der Waals surface area contributed by atoms with Gasteiger partial charge in [-0.25, -0.2) is 0 Å². The number of amides is 1. The van der Waals surface area contributed by atoms with Gasteiger partial charge in [-0.1, -0.05) is 37.4 Å². The third-order valence-electron chi connectivity index (χ3n) is 2.54. The molecule has 1 amide bonds. The average Bonchev–Trinajstić information content (AvgIpc) is 2.32. The standard InChI is InChI=1S/C10H16ClNO2/c1-7(11)10(14)12-8-5-3-2-4-6-9(8)13/h8-9,13H,1-6H2,(H,12,14). The highest BCUT2D eigenvalue weighted by Gasteiger charge is 2.23. The van der Waals surface area contributed by atoms with Crippen LogP contribution in [0.25, 0.3) is 0 Å². The topological polar surface area (TPSA) is 49.3 Å². The van der Waals surface area contributed by atoms with Crippen molar-refractivity contribution in [1.29, 1.82) is 0 Å². The van der Waals surface area contributed by atoms with Crippen LogP contribution in [0.3, 0.4) is 0 Å². The van der Waals surface area contributed by atoms with Gasteiger partial charge in [0.1, 0.15) is 0 Å². The van der Waals surface area contributed by atoms with Crippen LogP contribution >= 0.6 is 11.6 Å². The molecule has 0 aromatic rings. The number of aliphatic hydroxyl groups excluding tert-OH is 1. The molecule has 1 rings (SSSR count). The van der Waals surface area contributed by atoms with Gasteiger partial charge in [0, 0.05) is 0 Å². The van der Waals surface area contributed by atoms with E-state index in [1.54, 1.807) is 0 Å². The summed E-state index contributed by atoms with van der Waals surface area (Å²) in [5.74, 6) is -0.377. The zero-order valence-electron chi connectivity index (χ0n) is 8.13. The first-order valence-electron chi connectivity index (χ1n) is 4.94. The van der Waals surface area contributed by atoms with Crippen LogP contribution in [0.5, 0.6) is 0 Å². The smallest absolute Gasteiger partial charge is 0.262 e. The van der Waals surface area contributed by atoms with Crippen LogP contribution in [-0.2, 0) is 4.79 Å². The largest absolute Gasteiger partial charge is 0.391 e. The van der Waals surface area contributed by atoms with E-state index in [1.165, 1.54) is 0 Å². The van der Waals surface area contributed by atoms with Crippen molar-refractivity contribution in [3.8, 4) is 0 Å². The van der Waals surface area contributed by atoms with Gasteiger partial charge in [-0.2, -0.15) is 0 Å². The minimum atomic E-state index is -0.447. The molecule has 0 aromatic heterocycles. The Labute approximate surface area is 89.1 Å². The van der Waals surface area contributed by atoms with E-state index in [9.17, 15) is 9.90 Å². The second-order valence-corrected chi connectivity index (χ2v) is 4.15. The van der Waals surface area contributed by atoms with Crippen molar-refractivity contribution in [3.05, 3.63) is 11.6 Å². The lowest BCUT2D eigenvalue weighted by Gasteiger charge is -2.21. The summed E-state index contributed by atoms with van der Waals surface area (Å²) in [6.45, 7) is 3.34. The van der Waals surface area contributed by atoms with E-state index >= 15 is 0 Å². The van der Waals surface area contributed by atoms with E-state index in [4.69, 9.17) is 11.6 Å². The predicted molar refractivity (Wildman–Crippen MR) is 56.0 cm³/mol. The molecule has 80 valence electrons.